The van der Waals surface area contributed by atoms with E-state index in [4.69, 9.17) is 21.6 Å². The summed E-state index contributed by atoms with van der Waals surface area (Å²) in [5.41, 5.74) is 3.54. The molecule has 4 heteroatoms. The van der Waals surface area contributed by atoms with Crippen molar-refractivity contribution in [1.29, 1.82) is 0 Å². The number of nitrogens with zero attached hydrogens (tertiary/aromatic N) is 3. The van der Waals surface area contributed by atoms with Crippen molar-refractivity contribution in [2.75, 3.05) is 5.88 Å². The third kappa shape index (κ3) is 2.32. The minimum Gasteiger partial charge on any atom is -0.312 e. The summed E-state index contributed by atoms with van der Waals surface area (Å²) in [6, 6.07) is 4.11. The van der Waals surface area contributed by atoms with Crippen molar-refractivity contribution in [3.05, 3.63) is 23.7 Å². The molecule has 2 heterocycles. The quantitative estimate of drug-likeness (QED) is 0.777. The molecular weight excluding hydrogens is 270 g/mol. The maximum absolute atomic E-state index is 5.95. The predicted octanol–water partition coefficient (Wildman–Crippen LogP) is 4.10. The molecule has 2 aromatic heterocycles. The van der Waals surface area contributed by atoms with Crippen LogP contribution < -0.4 is 0 Å². The van der Waals surface area contributed by atoms with Crippen LogP contribution in [-0.4, -0.2) is 20.4 Å². The zero-order chi connectivity index (χ0) is 14.2. The molecule has 1 aliphatic rings. The highest BCUT2D eigenvalue weighted by atomic mass is 35.5. The molecule has 108 valence electrons. The normalized spacial score (nSPS) is 17.4. The Balaban J connectivity index is 2.05. The number of imidazole rings is 1. The lowest BCUT2D eigenvalue weighted by molar-refractivity contribution is 0.101. The molecular formula is C16H22ClN3. The summed E-state index contributed by atoms with van der Waals surface area (Å²) >= 11 is 5.95. The van der Waals surface area contributed by atoms with Crippen LogP contribution in [0.1, 0.15) is 44.1 Å². The van der Waals surface area contributed by atoms with Gasteiger partial charge in [0.1, 0.15) is 11.3 Å². The lowest BCUT2D eigenvalue weighted by Crippen LogP contribution is -2.34. The zero-order valence-electron chi connectivity index (χ0n) is 12.3. The number of hydrogen-bond donors (Lipinski definition) is 0. The Kier molecular flexibility index (Phi) is 3.72. The SMILES string of the molecule is CCC1(Cn2c(CCCl)nc3ccc(C)nc32)CCC1. The number of halogens is 1. The first-order valence-electron chi connectivity index (χ1n) is 7.56. The van der Waals surface area contributed by atoms with Gasteiger partial charge in [0.05, 0.1) is 0 Å². The van der Waals surface area contributed by atoms with Gasteiger partial charge in [0.2, 0.25) is 0 Å². The van der Waals surface area contributed by atoms with E-state index in [1.807, 2.05) is 13.0 Å². The molecule has 0 saturated heterocycles. The average Bonchev–Trinajstić information content (AvgIpc) is 2.72. The molecule has 3 nitrogen and oxygen atoms in total. The van der Waals surface area contributed by atoms with Gasteiger partial charge in [0, 0.05) is 24.5 Å². The summed E-state index contributed by atoms with van der Waals surface area (Å²) < 4.78 is 2.33. The van der Waals surface area contributed by atoms with Crippen molar-refractivity contribution in [1.82, 2.24) is 14.5 Å². The van der Waals surface area contributed by atoms with E-state index in [0.717, 1.165) is 35.6 Å². The van der Waals surface area contributed by atoms with Gasteiger partial charge in [-0.3, -0.25) is 0 Å². The maximum atomic E-state index is 5.95. The number of rotatable bonds is 5. The van der Waals surface area contributed by atoms with Crippen molar-refractivity contribution >= 4 is 22.8 Å². The van der Waals surface area contributed by atoms with Crippen molar-refractivity contribution in [3.63, 3.8) is 0 Å². The lowest BCUT2D eigenvalue weighted by atomic mass is 9.67. The third-order valence-electron chi connectivity index (χ3n) is 4.79. The lowest BCUT2D eigenvalue weighted by Gasteiger charge is -2.42. The minimum atomic E-state index is 0.458. The molecule has 1 aliphatic carbocycles. The molecule has 0 amide bonds. The van der Waals surface area contributed by atoms with E-state index in [-0.39, 0.29) is 0 Å². The fourth-order valence-corrected chi connectivity index (χ4v) is 3.39. The summed E-state index contributed by atoms with van der Waals surface area (Å²) in [6.45, 7) is 5.39. The smallest absolute Gasteiger partial charge is 0.160 e. The highest BCUT2D eigenvalue weighted by molar-refractivity contribution is 6.17. The number of aromatic nitrogens is 3. The van der Waals surface area contributed by atoms with Gasteiger partial charge in [0.15, 0.2) is 5.65 Å². The van der Waals surface area contributed by atoms with E-state index in [1.54, 1.807) is 0 Å². The number of hydrogen-bond acceptors (Lipinski definition) is 2. The van der Waals surface area contributed by atoms with Crippen LogP contribution in [0.5, 0.6) is 0 Å². The van der Waals surface area contributed by atoms with E-state index in [2.05, 4.69) is 17.6 Å². The molecule has 2 aromatic rings. The highest BCUT2D eigenvalue weighted by Crippen LogP contribution is 2.45. The van der Waals surface area contributed by atoms with Crippen LogP contribution in [0.3, 0.4) is 0 Å². The molecule has 0 bridgehead atoms. The van der Waals surface area contributed by atoms with Gasteiger partial charge in [0.25, 0.3) is 0 Å². The van der Waals surface area contributed by atoms with E-state index in [1.165, 1.54) is 25.7 Å². The fraction of sp³-hybridized carbons (Fsp3) is 0.625. The van der Waals surface area contributed by atoms with Gasteiger partial charge in [-0.2, -0.15) is 0 Å². The van der Waals surface area contributed by atoms with Gasteiger partial charge in [-0.05, 0) is 43.7 Å². The molecule has 1 fully saturated rings. The maximum Gasteiger partial charge on any atom is 0.160 e. The van der Waals surface area contributed by atoms with Crippen molar-refractivity contribution in [3.8, 4) is 0 Å². The van der Waals surface area contributed by atoms with Gasteiger partial charge in [-0.25, -0.2) is 9.97 Å². The van der Waals surface area contributed by atoms with E-state index >= 15 is 0 Å². The van der Waals surface area contributed by atoms with Gasteiger partial charge in [-0.15, -0.1) is 11.6 Å². The second-order valence-corrected chi connectivity index (χ2v) is 6.43. The molecule has 3 rings (SSSR count). The van der Waals surface area contributed by atoms with Crippen LogP contribution in [-0.2, 0) is 13.0 Å². The second kappa shape index (κ2) is 5.36. The summed E-state index contributed by atoms with van der Waals surface area (Å²) in [7, 11) is 0. The largest absolute Gasteiger partial charge is 0.312 e. The van der Waals surface area contributed by atoms with E-state index < -0.39 is 0 Å². The van der Waals surface area contributed by atoms with E-state index in [0.29, 0.717) is 11.3 Å². The molecule has 0 radical (unpaired) electrons. The van der Waals surface area contributed by atoms with Crippen LogP contribution >= 0.6 is 11.6 Å². The van der Waals surface area contributed by atoms with Crippen molar-refractivity contribution in [2.45, 2.75) is 52.5 Å². The van der Waals surface area contributed by atoms with Crippen LogP contribution in [0, 0.1) is 12.3 Å². The Morgan fingerprint density at radius 3 is 2.70 bits per heavy atom. The predicted molar refractivity (Wildman–Crippen MR) is 83.3 cm³/mol. The number of aryl methyl sites for hydroxylation is 2. The Morgan fingerprint density at radius 2 is 2.10 bits per heavy atom. The Labute approximate surface area is 125 Å². The second-order valence-electron chi connectivity index (χ2n) is 6.06. The summed E-state index contributed by atoms with van der Waals surface area (Å²) in [4.78, 5) is 9.45. The molecule has 0 atom stereocenters. The first-order valence-corrected chi connectivity index (χ1v) is 8.10. The Hall–Kier alpha value is -1.09. The number of pyridine rings is 1. The molecule has 20 heavy (non-hydrogen) atoms. The summed E-state index contributed by atoms with van der Waals surface area (Å²) in [5.74, 6) is 1.70. The van der Waals surface area contributed by atoms with Gasteiger partial charge >= 0.3 is 0 Å². The summed E-state index contributed by atoms with van der Waals surface area (Å²) in [5, 5.41) is 0. The highest BCUT2D eigenvalue weighted by Gasteiger charge is 2.36. The molecule has 0 spiro atoms. The minimum absolute atomic E-state index is 0.458. The average molecular weight is 292 g/mol. The first kappa shape index (κ1) is 13.9. The molecule has 1 saturated carbocycles. The van der Waals surface area contributed by atoms with Crippen molar-refractivity contribution < 1.29 is 0 Å². The Bertz CT molecular complexity index is 608. The molecule has 0 aromatic carbocycles. The van der Waals surface area contributed by atoms with Crippen molar-refractivity contribution in [2.24, 2.45) is 5.41 Å². The van der Waals surface area contributed by atoms with Gasteiger partial charge in [-0.1, -0.05) is 13.3 Å². The van der Waals surface area contributed by atoms with Crippen LogP contribution in [0.15, 0.2) is 12.1 Å². The van der Waals surface area contributed by atoms with Crippen LogP contribution in [0.2, 0.25) is 0 Å². The summed E-state index contributed by atoms with van der Waals surface area (Å²) in [6.07, 6.45) is 6.07. The fourth-order valence-electron chi connectivity index (χ4n) is 3.22. The monoisotopic (exact) mass is 291 g/mol. The van der Waals surface area contributed by atoms with Crippen LogP contribution in [0.25, 0.3) is 11.2 Å². The molecule has 0 aliphatic heterocycles. The molecule has 0 N–H and O–H groups in total. The van der Waals surface area contributed by atoms with Gasteiger partial charge < -0.3 is 4.57 Å². The third-order valence-corrected chi connectivity index (χ3v) is 4.98. The number of alkyl halides is 1. The van der Waals surface area contributed by atoms with E-state index in [9.17, 15) is 0 Å². The Morgan fingerprint density at radius 1 is 1.30 bits per heavy atom. The number of fused-ring (bicyclic) bond motifs is 1. The standard InChI is InChI=1S/C16H22ClN3/c1-3-16(8-4-9-16)11-20-14(7-10-17)19-13-6-5-12(2)18-15(13)20/h5-6H,3-4,7-11H2,1-2H3. The molecule has 0 unspecified atom stereocenters. The van der Waals surface area contributed by atoms with Crippen LogP contribution in [0.4, 0.5) is 0 Å². The first-order chi connectivity index (χ1) is 9.67. The zero-order valence-corrected chi connectivity index (χ0v) is 13.1. The topological polar surface area (TPSA) is 30.7 Å².